The van der Waals surface area contributed by atoms with Gasteiger partial charge >= 0.3 is 0 Å². The van der Waals surface area contributed by atoms with Crippen molar-refractivity contribution in [1.29, 1.82) is 0 Å². The minimum Gasteiger partial charge on any atom is -0.392 e. The first-order valence-corrected chi connectivity index (χ1v) is 7.24. The fraction of sp³-hybridized carbons (Fsp3) is 0.500. The highest BCUT2D eigenvalue weighted by molar-refractivity contribution is 9.10. The van der Waals surface area contributed by atoms with Crippen LogP contribution in [0.5, 0.6) is 0 Å². The Labute approximate surface area is 108 Å². The number of benzene rings is 1. The van der Waals surface area contributed by atoms with Crippen molar-refractivity contribution in [3.63, 3.8) is 0 Å². The van der Waals surface area contributed by atoms with E-state index in [4.69, 9.17) is 0 Å². The van der Waals surface area contributed by atoms with Crippen LogP contribution in [0, 0.1) is 5.82 Å². The van der Waals surface area contributed by atoms with Gasteiger partial charge in [0.1, 0.15) is 5.82 Å². The summed E-state index contributed by atoms with van der Waals surface area (Å²) in [5.41, 5.74) is 0.847. The second-order valence-electron chi connectivity index (χ2n) is 4.06. The van der Waals surface area contributed by atoms with E-state index in [1.54, 1.807) is 6.07 Å². The third kappa shape index (κ3) is 2.99. The fourth-order valence-electron chi connectivity index (χ4n) is 1.96. The molecule has 1 aliphatic rings. The maximum absolute atomic E-state index is 13.1. The van der Waals surface area contributed by atoms with E-state index in [-0.39, 0.29) is 11.9 Å². The zero-order valence-corrected chi connectivity index (χ0v) is 11.2. The summed E-state index contributed by atoms with van der Waals surface area (Å²) in [7, 11) is 0. The van der Waals surface area contributed by atoms with Gasteiger partial charge in [0.15, 0.2) is 0 Å². The van der Waals surface area contributed by atoms with Gasteiger partial charge in [-0.05, 0) is 42.4 Å². The lowest BCUT2D eigenvalue weighted by Gasteiger charge is -2.17. The van der Waals surface area contributed by atoms with Gasteiger partial charge < -0.3 is 5.11 Å². The molecular weight excluding hydrogens is 291 g/mol. The van der Waals surface area contributed by atoms with Crippen molar-refractivity contribution in [2.45, 2.75) is 30.6 Å². The zero-order valence-electron chi connectivity index (χ0n) is 8.83. The molecule has 0 radical (unpaired) electrons. The fourth-order valence-corrected chi connectivity index (χ4v) is 3.66. The number of aliphatic hydroxyl groups is 1. The molecule has 0 aliphatic carbocycles. The molecule has 0 amide bonds. The van der Waals surface area contributed by atoms with E-state index in [0.717, 1.165) is 22.2 Å². The number of hydrogen-bond acceptors (Lipinski definition) is 2. The molecule has 2 rings (SSSR count). The molecule has 4 heteroatoms. The summed E-state index contributed by atoms with van der Waals surface area (Å²) in [6.07, 6.45) is 2.40. The number of aliphatic hydroxyl groups excluding tert-OH is 1. The van der Waals surface area contributed by atoms with Crippen LogP contribution in [0.3, 0.4) is 0 Å². The molecule has 0 bridgehead atoms. The average molecular weight is 305 g/mol. The lowest BCUT2D eigenvalue weighted by Crippen LogP contribution is -2.23. The summed E-state index contributed by atoms with van der Waals surface area (Å²) in [4.78, 5) is 0. The number of thioether (sulfide) groups is 1. The van der Waals surface area contributed by atoms with Gasteiger partial charge in [-0.15, -0.1) is 0 Å². The van der Waals surface area contributed by atoms with Gasteiger partial charge in [-0.25, -0.2) is 4.39 Å². The largest absolute Gasteiger partial charge is 0.392 e. The van der Waals surface area contributed by atoms with Crippen LogP contribution in [0.2, 0.25) is 0 Å². The van der Waals surface area contributed by atoms with Crippen molar-refractivity contribution in [2.24, 2.45) is 0 Å². The maximum atomic E-state index is 13.1. The molecule has 1 aliphatic heterocycles. The molecule has 1 N–H and O–H groups in total. The van der Waals surface area contributed by atoms with E-state index >= 15 is 0 Å². The maximum Gasteiger partial charge on any atom is 0.123 e. The van der Waals surface area contributed by atoms with Crippen molar-refractivity contribution in [3.05, 3.63) is 34.1 Å². The van der Waals surface area contributed by atoms with Crippen LogP contribution in [0.1, 0.15) is 18.4 Å². The van der Waals surface area contributed by atoms with Gasteiger partial charge in [0, 0.05) is 16.1 Å². The molecule has 1 nitrogen and oxygen atoms in total. The Kier molecular flexibility index (Phi) is 4.27. The van der Waals surface area contributed by atoms with Crippen LogP contribution in [0.15, 0.2) is 22.7 Å². The van der Waals surface area contributed by atoms with Crippen molar-refractivity contribution in [2.75, 3.05) is 5.75 Å². The Morgan fingerprint density at radius 2 is 2.38 bits per heavy atom. The summed E-state index contributed by atoms with van der Waals surface area (Å²) in [5, 5.41) is 10.4. The second-order valence-corrected chi connectivity index (χ2v) is 6.26. The third-order valence-corrected chi connectivity index (χ3v) is 5.11. The minimum atomic E-state index is -0.370. The molecule has 0 aromatic heterocycles. The Bertz CT molecular complexity index is 366. The van der Waals surface area contributed by atoms with E-state index in [2.05, 4.69) is 15.9 Å². The van der Waals surface area contributed by atoms with Crippen LogP contribution in [0.4, 0.5) is 4.39 Å². The van der Waals surface area contributed by atoms with Crippen LogP contribution >= 0.6 is 27.7 Å². The van der Waals surface area contributed by atoms with Crippen LogP contribution in [-0.2, 0) is 6.42 Å². The third-order valence-electron chi connectivity index (χ3n) is 2.83. The summed E-state index contributed by atoms with van der Waals surface area (Å²) >= 11 is 5.20. The molecule has 1 fully saturated rings. The first kappa shape index (κ1) is 12.4. The van der Waals surface area contributed by atoms with Crippen molar-refractivity contribution in [1.82, 2.24) is 0 Å². The molecule has 1 heterocycles. The molecule has 1 aromatic carbocycles. The Morgan fingerprint density at radius 3 is 3.06 bits per heavy atom. The van der Waals surface area contributed by atoms with Gasteiger partial charge in [0.2, 0.25) is 0 Å². The van der Waals surface area contributed by atoms with Gasteiger partial charge in [0.05, 0.1) is 6.10 Å². The minimum absolute atomic E-state index is 0.246. The average Bonchev–Trinajstić information content (AvgIpc) is 2.76. The predicted molar refractivity (Wildman–Crippen MR) is 69.3 cm³/mol. The van der Waals surface area contributed by atoms with E-state index < -0.39 is 0 Å². The first-order valence-electron chi connectivity index (χ1n) is 5.40. The normalized spacial score (nSPS) is 22.3. The van der Waals surface area contributed by atoms with Crippen LogP contribution < -0.4 is 0 Å². The summed E-state index contributed by atoms with van der Waals surface area (Å²) in [5.74, 6) is 0.885. The van der Waals surface area contributed by atoms with Gasteiger partial charge in [0.25, 0.3) is 0 Å². The van der Waals surface area contributed by atoms with E-state index in [1.165, 1.54) is 18.6 Å². The Morgan fingerprint density at radius 1 is 1.56 bits per heavy atom. The summed E-state index contributed by atoms with van der Waals surface area (Å²) in [6.45, 7) is 0. The molecule has 16 heavy (non-hydrogen) atoms. The quantitative estimate of drug-likeness (QED) is 0.924. The van der Waals surface area contributed by atoms with Crippen LogP contribution in [-0.4, -0.2) is 22.2 Å². The van der Waals surface area contributed by atoms with Crippen molar-refractivity contribution in [3.8, 4) is 0 Å². The molecule has 2 unspecified atom stereocenters. The second kappa shape index (κ2) is 5.52. The molecule has 88 valence electrons. The zero-order chi connectivity index (χ0) is 11.5. The van der Waals surface area contributed by atoms with Gasteiger partial charge in [-0.1, -0.05) is 15.9 Å². The topological polar surface area (TPSA) is 20.2 Å². The van der Waals surface area contributed by atoms with Crippen molar-refractivity contribution >= 4 is 27.7 Å². The summed E-state index contributed by atoms with van der Waals surface area (Å²) in [6, 6.07) is 4.61. The Balaban J connectivity index is 2.04. The van der Waals surface area contributed by atoms with E-state index in [0.29, 0.717) is 11.7 Å². The smallest absolute Gasteiger partial charge is 0.123 e. The number of rotatable bonds is 3. The van der Waals surface area contributed by atoms with Crippen molar-refractivity contribution < 1.29 is 9.50 Å². The lowest BCUT2D eigenvalue weighted by atomic mass is 10.0. The molecule has 2 atom stereocenters. The van der Waals surface area contributed by atoms with Crippen LogP contribution in [0.25, 0.3) is 0 Å². The monoisotopic (exact) mass is 304 g/mol. The highest BCUT2D eigenvalue weighted by Gasteiger charge is 2.24. The molecule has 1 aromatic rings. The van der Waals surface area contributed by atoms with Gasteiger partial charge in [-0.2, -0.15) is 11.8 Å². The highest BCUT2D eigenvalue weighted by Crippen LogP contribution is 2.31. The summed E-state index contributed by atoms with van der Waals surface area (Å²) < 4.78 is 13.9. The number of hydrogen-bond donors (Lipinski definition) is 1. The standard InChI is InChI=1S/C12H14BrFOS/c13-10-4-3-9(14)6-8(10)7-11(15)12-2-1-5-16-12/h3-4,6,11-12,15H,1-2,5,7H2. The first-order chi connectivity index (χ1) is 7.66. The molecule has 0 spiro atoms. The molecule has 0 saturated carbocycles. The predicted octanol–water partition coefficient (Wildman–Crippen LogP) is 3.39. The SMILES string of the molecule is OC(Cc1cc(F)ccc1Br)C1CCCS1. The highest BCUT2D eigenvalue weighted by atomic mass is 79.9. The number of halogens is 2. The molecule has 1 saturated heterocycles. The Hall–Kier alpha value is -0.0600. The lowest BCUT2D eigenvalue weighted by molar-refractivity contribution is 0.170. The van der Waals surface area contributed by atoms with Gasteiger partial charge in [-0.3, -0.25) is 0 Å². The molecular formula is C12H14BrFOS. The van der Waals surface area contributed by atoms with E-state index in [1.807, 2.05) is 11.8 Å². The van der Waals surface area contributed by atoms with E-state index in [9.17, 15) is 9.50 Å².